The van der Waals surface area contributed by atoms with Crippen molar-refractivity contribution >= 4 is 15.7 Å². The molecule has 2 atom stereocenters. The number of sulfone groups is 1. The molecule has 0 radical (unpaired) electrons. The van der Waals surface area contributed by atoms with E-state index in [0.29, 0.717) is 18.2 Å². The van der Waals surface area contributed by atoms with Gasteiger partial charge in [-0.25, -0.2) is 8.42 Å². The second kappa shape index (κ2) is 7.11. The normalized spacial score (nSPS) is 18.5. The monoisotopic (exact) mass is 354 g/mol. The summed E-state index contributed by atoms with van der Waals surface area (Å²) in [7, 11) is -2.03. The van der Waals surface area contributed by atoms with Gasteiger partial charge in [0.1, 0.15) is 5.75 Å². The smallest absolute Gasteiger partial charge is 0.224 e. The van der Waals surface area contributed by atoms with Crippen LogP contribution in [-0.2, 0) is 14.6 Å². The van der Waals surface area contributed by atoms with E-state index >= 15 is 0 Å². The molecule has 2 rings (SSSR count). The van der Waals surface area contributed by atoms with Crippen molar-refractivity contribution in [2.45, 2.75) is 37.1 Å². The molecule has 0 aliphatic heterocycles. The summed E-state index contributed by atoms with van der Waals surface area (Å²) in [5.41, 5.74) is 5.35. The average molecular weight is 354 g/mol. The van der Waals surface area contributed by atoms with Crippen molar-refractivity contribution in [2.24, 2.45) is 17.6 Å². The van der Waals surface area contributed by atoms with Crippen molar-refractivity contribution in [3.63, 3.8) is 0 Å². The molecule has 1 saturated carbocycles. The van der Waals surface area contributed by atoms with Gasteiger partial charge in [0.2, 0.25) is 5.91 Å². The van der Waals surface area contributed by atoms with E-state index in [1.165, 1.54) is 19.2 Å². The molecule has 1 aliphatic carbocycles. The van der Waals surface area contributed by atoms with Crippen LogP contribution in [0.2, 0.25) is 0 Å². The first kappa shape index (κ1) is 18.7. The van der Waals surface area contributed by atoms with Crippen LogP contribution in [-0.4, -0.2) is 39.3 Å². The zero-order chi connectivity index (χ0) is 18.0. The lowest BCUT2D eigenvalue weighted by atomic mass is 9.95. The number of ether oxygens (including phenoxy) is 1. The maximum absolute atomic E-state index is 12.5. The Morgan fingerprint density at radius 3 is 2.42 bits per heavy atom. The molecule has 0 saturated heterocycles. The van der Waals surface area contributed by atoms with E-state index in [-0.39, 0.29) is 16.6 Å². The molecule has 0 bridgehead atoms. The summed E-state index contributed by atoms with van der Waals surface area (Å²) >= 11 is 0. The summed E-state index contributed by atoms with van der Waals surface area (Å²) in [5.74, 6) is -0.190. The Hall–Kier alpha value is -1.60. The Labute approximate surface area is 143 Å². The van der Waals surface area contributed by atoms with Gasteiger partial charge in [0.25, 0.3) is 0 Å². The van der Waals surface area contributed by atoms with Gasteiger partial charge < -0.3 is 15.8 Å². The number of amides is 1. The maximum atomic E-state index is 12.5. The fourth-order valence-corrected chi connectivity index (χ4v) is 4.28. The molecule has 1 amide bonds. The van der Waals surface area contributed by atoms with E-state index in [9.17, 15) is 13.2 Å². The number of nitrogens with two attached hydrogens (primary N) is 1. The van der Waals surface area contributed by atoms with Crippen LogP contribution in [0.15, 0.2) is 29.2 Å². The van der Waals surface area contributed by atoms with Gasteiger partial charge in [-0.1, -0.05) is 6.92 Å². The first-order valence-corrected chi connectivity index (χ1v) is 9.76. The second-order valence-corrected chi connectivity index (χ2v) is 8.78. The van der Waals surface area contributed by atoms with Crippen molar-refractivity contribution in [1.29, 1.82) is 0 Å². The molecule has 1 aromatic rings. The number of methoxy groups -OCH3 is 1. The number of carbonyl (C=O) groups excluding carboxylic acids is 1. The SMILES string of the molecule is COc1ccc(S(=O)(=O)CC(C)C(=O)NC(C)(CN)C2CC2)cc1. The van der Waals surface area contributed by atoms with Crippen LogP contribution >= 0.6 is 0 Å². The molecule has 1 aliphatic rings. The van der Waals surface area contributed by atoms with Crippen LogP contribution < -0.4 is 15.8 Å². The summed E-state index contributed by atoms with van der Waals surface area (Å²) in [6.45, 7) is 3.90. The molecule has 24 heavy (non-hydrogen) atoms. The highest BCUT2D eigenvalue weighted by molar-refractivity contribution is 7.91. The highest BCUT2D eigenvalue weighted by Crippen LogP contribution is 2.39. The summed E-state index contributed by atoms with van der Waals surface area (Å²) in [4.78, 5) is 12.6. The van der Waals surface area contributed by atoms with E-state index in [0.717, 1.165) is 12.8 Å². The number of hydrogen-bond donors (Lipinski definition) is 2. The predicted molar refractivity (Wildman–Crippen MR) is 92.5 cm³/mol. The number of rotatable bonds is 8. The highest BCUT2D eigenvalue weighted by atomic mass is 32.2. The lowest BCUT2D eigenvalue weighted by molar-refractivity contribution is -0.125. The van der Waals surface area contributed by atoms with Crippen LogP contribution in [0.3, 0.4) is 0 Å². The van der Waals surface area contributed by atoms with E-state index in [4.69, 9.17) is 10.5 Å². The Bertz CT molecular complexity index is 683. The van der Waals surface area contributed by atoms with E-state index in [2.05, 4.69) is 5.32 Å². The molecule has 7 heteroatoms. The van der Waals surface area contributed by atoms with Gasteiger partial charge in [-0.2, -0.15) is 0 Å². The quantitative estimate of drug-likeness (QED) is 0.734. The molecule has 134 valence electrons. The zero-order valence-corrected chi connectivity index (χ0v) is 15.2. The lowest BCUT2D eigenvalue weighted by Crippen LogP contribution is -2.55. The molecular formula is C17H26N2O4S. The molecule has 3 N–H and O–H groups in total. The summed E-state index contributed by atoms with van der Waals surface area (Å²) < 4.78 is 30.0. The van der Waals surface area contributed by atoms with Crippen molar-refractivity contribution in [3.8, 4) is 5.75 Å². The fraction of sp³-hybridized carbons (Fsp3) is 0.588. The van der Waals surface area contributed by atoms with Crippen molar-refractivity contribution in [2.75, 3.05) is 19.4 Å². The molecule has 0 spiro atoms. The summed E-state index contributed by atoms with van der Waals surface area (Å²) in [6, 6.07) is 6.17. The standard InChI is InChI=1S/C17H26N2O4S/c1-12(16(20)19-17(2,11-18)13-4-5-13)10-24(21,22)15-8-6-14(23-3)7-9-15/h6-9,12-13H,4-5,10-11,18H2,1-3H3,(H,19,20). The van der Waals surface area contributed by atoms with Gasteiger partial charge >= 0.3 is 0 Å². The van der Waals surface area contributed by atoms with E-state index in [1.54, 1.807) is 19.1 Å². The highest BCUT2D eigenvalue weighted by Gasteiger charge is 2.42. The third kappa shape index (κ3) is 4.27. The molecule has 1 aromatic carbocycles. The van der Waals surface area contributed by atoms with Crippen LogP contribution in [0.5, 0.6) is 5.75 Å². The molecule has 0 heterocycles. The third-order valence-electron chi connectivity index (χ3n) is 4.65. The molecule has 1 fully saturated rings. The molecule has 2 unspecified atom stereocenters. The van der Waals surface area contributed by atoms with Crippen LogP contribution in [0.25, 0.3) is 0 Å². The number of carbonyl (C=O) groups is 1. The first-order chi connectivity index (χ1) is 11.2. The van der Waals surface area contributed by atoms with Gasteiger partial charge in [0, 0.05) is 12.5 Å². The predicted octanol–water partition coefficient (Wildman–Crippen LogP) is 1.35. The Morgan fingerprint density at radius 2 is 1.96 bits per heavy atom. The Kier molecular flexibility index (Phi) is 5.55. The summed E-state index contributed by atoms with van der Waals surface area (Å²) in [5, 5.41) is 2.95. The van der Waals surface area contributed by atoms with Gasteiger partial charge in [-0.05, 0) is 49.9 Å². The lowest BCUT2D eigenvalue weighted by Gasteiger charge is -2.30. The third-order valence-corrected chi connectivity index (χ3v) is 6.58. The minimum Gasteiger partial charge on any atom is -0.497 e. The molecule has 6 nitrogen and oxygen atoms in total. The molecular weight excluding hydrogens is 328 g/mol. The Balaban J connectivity index is 2.03. The minimum absolute atomic E-state index is 0.187. The number of benzene rings is 1. The number of hydrogen-bond acceptors (Lipinski definition) is 5. The number of nitrogens with one attached hydrogen (secondary N) is 1. The van der Waals surface area contributed by atoms with Crippen molar-refractivity contribution < 1.29 is 17.9 Å². The van der Waals surface area contributed by atoms with E-state index in [1.807, 2.05) is 6.92 Å². The van der Waals surface area contributed by atoms with Crippen LogP contribution in [0.4, 0.5) is 0 Å². The van der Waals surface area contributed by atoms with Gasteiger partial charge in [-0.15, -0.1) is 0 Å². The second-order valence-electron chi connectivity index (χ2n) is 6.74. The topological polar surface area (TPSA) is 98.5 Å². The largest absolute Gasteiger partial charge is 0.497 e. The Morgan fingerprint density at radius 1 is 1.38 bits per heavy atom. The average Bonchev–Trinajstić information content (AvgIpc) is 3.39. The van der Waals surface area contributed by atoms with Gasteiger partial charge in [-0.3, -0.25) is 4.79 Å². The summed E-state index contributed by atoms with van der Waals surface area (Å²) in [6.07, 6.45) is 2.10. The van der Waals surface area contributed by atoms with Gasteiger partial charge in [0.15, 0.2) is 9.84 Å². The zero-order valence-electron chi connectivity index (χ0n) is 14.4. The van der Waals surface area contributed by atoms with Crippen LogP contribution in [0.1, 0.15) is 26.7 Å². The maximum Gasteiger partial charge on any atom is 0.224 e. The molecule has 0 aromatic heterocycles. The first-order valence-electron chi connectivity index (χ1n) is 8.11. The van der Waals surface area contributed by atoms with Crippen LogP contribution in [0, 0.1) is 11.8 Å². The minimum atomic E-state index is -3.54. The van der Waals surface area contributed by atoms with Gasteiger partial charge in [0.05, 0.1) is 23.3 Å². The van der Waals surface area contributed by atoms with Crippen molar-refractivity contribution in [1.82, 2.24) is 5.32 Å². The fourth-order valence-electron chi connectivity index (χ4n) is 2.73. The van der Waals surface area contributed by atoms with Crippen molar-refractivity contribution in [3.05, 3.63) is 24.3 Å². The van der Waals surface area contributed by atoms with E-state index < -0.39 is 21.3 Å².